The van der Waals surface area contributed by atoms with Crippen molar-refractivity contribution in [3.8, 4) is 0 Å². The fraction of sp³-hybridized carbons (Fsp3) is 0.688. The minimum absolute atomic E-state index is 0.0299. The molecular weight excluding hydrogens is 296 g/mol. The van der Waals surface area contributed by atoms with Gasteiger partial charge in [-0.2, -0.15) is 0 Å². The Morgan fingerprint density at radius 2 is 2.26 bits per heavy atom. The first-order chi connectivity index (χ1) is 11.0. The molecule has 0 aromatic carbocycles. The van der Waals surface area contributed by atoms with Gasteiger partial charge in [-0.05, 0) is 13.3 Å². The molecule has 1 saturated heterocycles. The zero-order chi connectivity index (χ0) is 16.8. The van der Waals surface area contributed by atoms with E-state index in [9.17, 15) is 4.79 Å². The lowest BCUT2D eigenvalue weighted by Crippen LogP contribution is -2.45. The molecule has 1 amide bonds. The monoisotopic (exact) mass is 322 g/mol. The predicted octanol–water partition coefficient (Wildman–Crippen LogP) is 1.02. The van der Waals surface area contributed by atoms with Crippen LogP contribution in [-0.4, -0.2) is 66.8 Å². The van der Waals surface area contributed by atoms with Crippen LogP contribution >= 0.6 is 0 Å². The second kappa shape index (κ2) is 8.21. The van der Waals surface area contributed by atoms with Gasteiger partial charge in [0.25, 0.3) is 0 Å². The Kier molecular flexibility index (Phi) is 6.29. The Morgan fingerprint density at radius 1 is 1.48 bits per heavy atom. The lowest BCUT2D eigenvalue weighted by molar-refractivity contribution is -0.138. The van der Waals surface area contributed by atoms with E-state index in [4.69, 9.17) is 9.47 Å². The van der Waals surface area contributed by atoms with Crippen LogP contribution in [0.1, 0.15) is 24.9 Å². The van der Waals surface area contributed by atoms with Crippen LogP contribution < -0.4 is 5.32 Å². The zero-order valence-corrected chi connectivity index (χ0v) is 14.3. The molecule has 2 atom stereocenters. The number of nitrogens with zero attached hydrogens (tertiary/aromatic N) is 3. The SMILES string of the molecule is CCc1nc(C)cc(N[C@@H]2COCC[C@@H]2OCC(=O)N(C)C)n1. The highest BCUT2D eigenvalue weighted by molar-refractivity contribution is 5.76. The summed E-state index contributed by atoms with van der Waals surface area (Å²) in [4.78, 5) is 22.1. The normalized spacial score (nSPS) is 21.0. The molecule has 1 aliphatic heterocycles. The average Bonchev–Trinajstić information content (AvgIpc) is 2.53. The number of hydrogen-bond acceptors (Lipinski definition) is 6. The summed E-state index contributed by atoms with van der Waals surface area (Å²) in [6.45, 7) is 5.24. The van der Waals surface area contributed by atoms with E-state index in [0.29, 0.717) is 13.2 Å². The Labute approximate surface area is 137 Å². The number of aromatic nitrogens is 2. The van der Waals surface area contributed by atoms with Gasteiger partial charge < -0.3 is 19.7 Å². The highest BCUT2D eigenvalue weighted by Crippen LogP contribution is 2.17. The van der Waals surface area contributed by atoms with E-state index in [2.05, 4.69) is 15.3 Å². The number of aryl methyl sites for hydroxylation is 2. The van der Waals surface area contributed by atoms with E-state index in [1.54, 1.807) is 14.1 Å². The average molecular weight is 322 g/mol. The van der Waals surface area contributed by atoms with Crippen LogP contribution in [0, 0.1) is 6.92 Å². The van der Waals surface area contributed by atoms with Crippen LogP contribution in [0.2, 0.25) is 0 Å². The molecule has 7 nitrogen and oxygen atoms in total. The van der Waals surface area contributed by atoms with Gasteiger partial charge in [0.05, 0.1) is 18.8 Å². The molecule has 1 fully saturated rings. The lowest BCUT2D eigenvalue weighted by Gasteiger charge is -2.32. The summed E-state index contributed by atoms with van der Waals surface area (Å²) >= 11 is 0. The quantitative estimate of drug-likeness (QED) is 0.843. The highest BCUT2D eigenvalue weighted by atomic mass is 16.5. The second-order valence-electron chi connectivity index (χ2n) is 5.92. The molecular formula is C16H26N4O3. The number of carbonyl (C=O) groups excluding carboxylic acids is 1. The number of rotatable bonds is 6. The van der Waals surface area contributed by atoms with Crippen LogP contribution in [-0.2, 0) is 20.7 Å². The maximum Gasteiger partial charge on any atom is 0.248 e. The van der Waals surface area contributed by atoms with Gasteiger partial charge in [-0.3, -0.25) is 4.79 Å². The summed E-state index contributed by atoms with van der Waals surface area (Å²) in [5.74, 6) is 1.54. The maximum atomic E-state index is 11.7. The molecule has 2 rings (SSSR count). The van der Waals surface area contributed by atoms with E-state index in [1.165, 1.54) is 4.90 Å². The molecule has 0 bridgehead atoms. The van der Waals surface area contributed by atoms with Crippen molar-refractivity contribution in [1.82, 2.24) is 14.9 Å². The van der Waals surface area contributed by atoms with Crippen molar-refractivity contribution < 1.29 is 14.3 Å². The summed E-state index contributed by atoms with van der Waals surface area (Å²) in [5.41, 5.74) is 0.927. The van der Waals surface area contributed by atoms with Gasteiger partial charge in [0.15, 0.2) is 0 Å². The Balaban J connectivity index is 2.00. The molecule has 1 N–H and O–H groups in total. The summed E-state index contributed by atoms with van der Waals surface area (Å²) in [6.07, 6.45) is 1.46. The minimum atomic E-state index is -0.0759. The Bertz CT molecular complexity index is 536. The molecule has 0 spiro atoms. The number of anilines is 1. The largest absolute Gasteiger partial charge is 0.379 e. The fourth-order valence-electron chi connectivity index (χ4n) is 2.41. The minimum Gasteiger partial charge on any atom is -0.379 e. The van der Waals surface area contributed by atoms with Crippen LogP contribution in [0.15, 0.2) is 6.07 Å². The molecule has 1 aromatic heterocycles. The van der Waals surface area contributed by atoms with E-state index in [0.717, 1.165) is 30.2 Å². The lowest BCUT2D eigenvalue weighted by atomic mass is 10.1. The van der Waals surface area contributed by atoms with Crippen molar-refractivity contribution >= 4 is 11.7 Å². The van der Waals surface area contributed by atoms with Crippen LogP contribution in [0.5, 0.6) is 0 Å². The number of likely N-dealkylation sites (N-methyl/N-ethyl adjacent to an activating group) is 1. The number of amides is 1. The van der Waals surface area contributed by atoms with Crippen molar-refractivity contribution in [3.05, 3.63) is 17.6 Å². The van der Waals surface area contributed by atoms with Crippen molar-refractivity contribution in [2.24, 2.45) is 0 Å². The van der Waals surface area contributed by atoms with Crippen molar-refractivity contribution in [2.75, 3.05) is 39.2 Å². The molecule has 2 heterocycles. The first kappa shape index (κ1) is 17.6. The third-order valence-corrected chi connectivity index (χ3v) is 3.76. The van der Waals surface area contributed by atoms with Crippen LogP contribution in [0.4, 0.5) is 5.82 Å². The van der Waals surface area contributed by atoms with Gasteiger partial charge in [0, 0.05) is 38.9 Å². The molecule has 23 heavy (non-hydrogen) atoms. The van der Waals surface area contributed by atoms with Crippen molar-refractivity contribution in [3.63, 3.8) is 0 Å². The maximum absolute atomic E-state index is 11.7. The van der Waals surface area contributed by atoms with E-state index >= 15 is 0 Å². The summed E-state index contributed by atoms with van der Waals surface area (Å²) in [7, 11) is 3.45. The van der Waals surface area contributed by atoms with Gasteiger partial charge in [-0.1, -0.05) is 6.92 Å². The van der Waals surface area contributed by atoms with Gasteiger partial charge in [-0.25, -0.2) is 9.97 Å². The number of carbonyl (C=O) groups is 1. The first-order valence-corrected chi connectivity index (χ1v) is 8.00. The smallest absolute Gasteiger partial charge is 0.248 e. The third-order valence-electron chi connectivity index (χ3n) is 3.76. The molecule has 1 aromatic rings. The Morgan fingerprint density at radius 3 is 2.96 bits per heavy atom. The molecule has 7 heteroatoms. The number of nitrogens with one attached hydrogen (secondary N) is 1. The van der Waals surface area contributed by atoms with Crippen molar-refractivity contribution in [2.45, 2.75) is 38.8 Å². The number of hydrogen-bond donors (Lipinski definition) is 1. The van der Waals surface area contributed by atoms with Crippen LogP contribution in [0.3, 0.4) is 0 Å². The van der Waals surface area contributed by atoms with E-state index < -0.39 is 0 Å². The van der Waals surface area contributed by atoms with Crippen LogP contribution in [0.25, 0.3) is 0 Å². The molecule has 0 unspecified atom stereocenters. The summed E-state index contributed by atoms with van der Waals surface area (Å²) in [5, 5.41) is 3.37. The van der Waals surface area contributed by atoms with Gasteiger partial charge in [0.2, 0.25) is 5.91 Å². The van der Waals surface area contributed by atoms with Gasteiger partial charge >= 0.3 is 0 Å². The topological polar surface area (TPSA) is 76.6 Å². The predicted molar refractivity (Wildman–Crippen MR) is 87.4 cm³/mol. The third kappa shape index (κ3) is 5.14. The molecule has 0 aliphatic carbocycles. The summed E-state index contributed by atoms with van der Waals surface area (Å²) in [6, 6.07) is 1.88. The highest BCUT2D eigenvalue weighted by Gasteiger charge is 2.27. The molecule has 0 saturated carbocycles. The van der Waals surface area contributed by atoms with Gasteiger partial charge in [-0.15, -0.1) is 0 Å². The Hall–Kier alpha value is -1.73. The standard InChI is InChI=1S/C16H26N4O3/c1-5-14-17-11(2)8-15(19-14)18-12-9-22-7-6-13(12)23-10-16(21)20(3)4/h8,12-13H,5-7,9-10H2,1-4H3,(H,17,18,19)/t12-,13+/m1/s1. The van der Waals surface area contributed by atoms with E-state index in [1.807, 2.05) is 19.9 Å². The second-order valence-corrected chi connectivity index (χ2v) is 5.92. The zero-order valence-electron chi connectivity index (χ0n) is 14.3. The molecule has 0 radical (unpaired) electrons. The fourth-order valence-corrected chi connectivity index (χ4v) is 2.41. The molecule has 128 valence electrons. The van der Waals surface area contributed by atoms with E-state index in [-0.39, 0.29) is 24.7 Å². The summed E-state index contributed by atoms with van der Waals surface area (Å²) < 4.78 is 11.3. The molecule has 1 aliphatic rings. The van der Waals surface area contributed by atoms with Gasteiger partial charge in [0.1, 0.15) is 18.2 Å². The number of ether oxygens (including phenoxy) is 2. The van der Waals surface area contributed by atoms with Crippen molar-refractivity contribution in [1.29, 1.82) is 0 Å². The first-order valence-electron chi connectivity index (χ1n) is 8.00.